The molecule has 0 heterocycles. The number of nitrogens with one attached hydrogen (secondary N) is 1. The molecule has 122 valence electrons. The van der Waals surface area contributed by atoms with E-state index in [1.165, 1.54) is 5.56 Å². The van der Waals surface area contributed by atoms with Gasteiger partial charge in [0.2, 0.25) is 0 Å². The standard InChI is InChI=1S/C21H22N2O/c1-23(2)20(17-10-4-3-5-11-17)15-22-21(24)19-14-8-12-16-9-6-7-13-18(16)19/h3-14,20H,15H2,1-2H3,(H,22,24). The third-order valence-corrected chi connectivity index (χ3v) is 4.30. The minimum atomic E-state index is -0.0328. The number of rotatable bonds is 5. The van der Waals surface area contributed by atoms with E-state index in [0.717, 1.165) is 16.3 Å². The number of nitrogens with zero attached hydrogens (tertiary/aromatic N) is 1. The molecule has 0 aromatic heterocycles. The van der Waals surface area contributed by atoms with E-state index < -0.39 is 0 Å². The third-order valence-electron chi connectivity index (χ3n) is 4.30. The highest BCUT2D eigenvalue weighted by Crippen LogP contribution is 2.20. The molecule has 1 unspecified atom stereocenters. The number of benzene rings is 3. The summed E-state index contributed by atoms with van der Waals surface area (Å²) >= 11 is 0. The largest absolute Gasteiger partial charge is 0.350 e. The summed E-state index contributed by atoms with van der Waals surface area (Å²) in [6.07, 6.45) is 0. The average Bonchev–Trinajstić information content (AvgIpc) is 2.62. The van der Waals surface area contributed by atoms with E-state index in [1.54, 1.807) is 0 Å². The fourth-order valence-electron chi connectivity index (χ4n) is 2.98. The zero-order valence-electron chi connectivity index (χ0n) is 14.1. The van der Waals surface area contributed by atoms with E-state index in [9.17, 15) is 4.79 Å². The van der Waals surface area contributed by atoms with Crippen molar-refractivity contribution in [2.45, 2.75) is 6.04 Å². The van der Waals surface area contributed by atoms with Crippen molar-refractivity contribution in [3.05, 3.63) is 83.9 Å². The number of amides is 1. The number of hydrogen-bond acceptors (Lipinski definition) is 2. The summed E-state index contributed by atoms with van der Waals surface area (Å²) in [7, 11) is 4.06. The van der Waals surface area contributed by atoms with Crippen LogP contribution in [-0.4, -0.2) is 31.4 Å². The Balaban J connectivity index is 1.79. The van der Waals surface area contributed by atoms with Crippen LogP contribution in [0, 0.1) is 0 Å². The van der Waals surface area contributed by atoms with Gasteiger partial charge >= 0.3 is 0 Å². The maximum Gasteiger partial charge on any atom is 0.251 e. The summed E-state index contributed by atoms with van der Waals surface area (Å²) in [6.45, 7) is 0.569. The molecule has 1 amide bonds. The Morgan fingerprint density at radius 2 is 1.58 bits per heavy atom. The zero-order chi connectivity index (χ0) is 16.9. The fourth-order valence-corrected chi connectivity index (χ4v) is 2.98. The highest BCUT2D eigenvalue weighted by Gasteiger charge is 2.16. The summed E-state index contributed by atoms with van der Waals surface area (Å²) in [4.78, 5) is 14.8. The lowest BCUT2D eigenvalue weighted by Gasteiger charge is -2.25. The Labute approximate surface area is 142 Å². The number of hydrogen-bond donors (Lipinski definition) is 1. The van der Waals surface area contributed by atoms with Crippen molar-refractivity contribution < 1.29 is 4.79 Å². The van der Waals surface area contributed by atoms with Gasteiger partial charge in [0.1, 0.15) is 0 Å². The first-order valence-corrected chi connectivity index (χ1v) is 8.14. The van der Waals surface area contributed by atoms with E-state index in [0.29, 0.717) is 6.54 Å². The molecule has 0 aliphatic carbocycles. The zero-order valence-corrected chi connectivity index (χ0v) is 14.1. The van der Waals surface area contributed by atoms with Gasteiger partial charge in [-0.15, -0.1) is 0 Å². The maximum absolute atomic E-state index is 12.7. The highest BCUT2D eigenvalue weighted by atomic mass is 16.1. The third kappa shape index (κ3) is 3.47. The molecule has 3 nitrogen and oxygen atoms in total. The lowest BCUT2D eigenvalue weighted by Crippen LogP contribution is -2.34. The number of carbonyl (C=O) groups excluding carboxylic acids is 1. The topological polar surface area (TPSA) is 32.3 Å². The van der Waals surface area contributed by atoms with Crippen molar-refractivity contribution in [3.8, 4) is 0 Å². The molecule has 0 fully saturated rings. The molecule has 3 aromatic carbocycles. The highest BCUT2D eigenvalue weighted by molar-refractivity contribution is 6.07. The second-order valence-corrected chi connectivity index (χ2v) is 6.13. The van der Waals surface area contributed by atoms with Crippen molar-refractivity contribution in [2.24, 2.45) is 0 Å². The second kappa shape index (κ2) is 7.28. The Morgan fingerprint density at radius 3 is 2.33 bits per heavy atom. The van der Waals surface area contributed by atoms with E-state index in [-0.39, 0.29) is 11.9 Å². The van der Waals surface area contributed by atoms with Crippen LogP contribution in [0.25, 0.3) is 10.8 Å². The van der Waals surface area contributed by atoms with Crippen molar-refractivity contribution in [1.29, 1.82) is 0 Å². The lowest BCUT2D eigenvalue weighted by atomic mass is 10.0. The number of fused-ring (bicyclic) bond motifs is 1. The molecular weight excluding hydrogens is 296 g/mol. The molecule has 0 radical (unpaired) electrons. The molecule has 1 N–H and O–H groups in total. The van der Waals surface area contributed by atoms with Crippen LogP contribution in [0.1, 0.15) is 22.0 Å². The van der Waals surface area contributed by atoms with Gasteiger partial charge in [-0.2, -0.15) is 0 Å². The van der Waals surface area contributed by atoms with Crippen LogP contribution in [0.15, 0.2) is 72.8 Å². The van der Waals surface area contributed by atoms with Crippen LogP contribution in [-0.2, 0) is 0 Å². The van der Waals surface area contributed by atoms with E-state index >= 15 is 0 Å². The first-order chi connectivity index (χ1) is 11.7. The average molecular weight is 318 g/mol. The predicted octanol–water partition coefficient (Wildman–Crippen LogP) is 3.87. The summed E-state index contributed by atoms with van der Waals surface area (Å²) in [5, 5.41) is 5.16. The van der Waals surface area contributed by atoms with Gasteiger partial charge in [0.05, 0.1) is 6.04 Å². The molecule has 3 heteroatoms. The summed E-state index contributed by atoms with van der Waals surface area (Å²) in [6, 6.07) is 24.2. The van der Waals surface area contributed by atoms with Crippen LogP contribution in [0.4, 0.5) is 0 Å². The summed E-state index contributed by atoms with van der Waals surface area (Å²) < 4.78 is 0. The molecule has 0 aliphatic rings. The van der Waals surface area contributed by atoms with E-state index in [2.05, 4.69) is 22.3 Å². The predicted molar refractivity (Wildman–Crippen MR) is 99.2 cm³/mol. The first kappa shape index (κ1) is 16.2. The fraction of sp³-hybridized carbons (Fsp3) is 0.190. The van der Waals surface area contributed by atoms with Gasteiger partial charge in [-0.05, 0) is 36.5 Å². The quantitative estimate of drug-likeness (QED) is 0.774. The molecule has 0 saturated carbocycles. The molecule has 3 rings (SSSR count). The van der Waals surface area contributed by atoms with Gasteiger partial charge in [0.15, 0.2) is 0 Å². The van der Waals surface area contributed by atoms with Gasteiger partial charge in [-0.25, -0.2) is 0 Å². The maximum atomic E-state index is 12.7. The normalized spacial score (nSPS) is 12.3. The SMILES string of the molecule is CN(C)C(CNC(=O)c1cccc2ccccc12)c1ccccc1. The Hall–Kier alpha value is -2.65. The van der Waals surface area contributed by atoms with Crippen molar-refractivity contribution in [3.63, 3.8) is 0 Å². The minimum Gasteiger partial charge on any atom is -0.350 e. The molecule has 0 spiro atoms. The monoisotopic (exact) mass is 318 g/mol. The molecule has 0 saturated heterocycles. The summed E-state index contributed by atoms with van der Waals surface area (Å²) in [5.41, 5.74) is 1.92. The van der Waals surface area contributed by atoms with Crippen LogP contribution in [0.2, 0.25) is 0 Å². The number of carbonyl (C=O) groups is 1. The Bertz CT molecular complexity index is 822. The molecule has 0 aliphatic heterocycles. The lowest BCUT2D eigenvalue weighted by molar-refractivity contribution is 0.0943. The Morgan fingerprint density at radius 1 is 0.917 bits per heavy atom. The van der Waals surface area contributed by atoms with Gasteiger partial charge in [-0.1, -0.05) is 66.7 Å². The molecular formula is C21H22N2O. The minimum absolute atomic E-state index is 0.0328. The summed E-state index contributed by atoms with van der Waals surface area (Å²) in [5.74, 6) is -0.0328. The van der Waals surface area contributed by atoms with E-state index in [4.69, 9.17) is 0 Å². The number of likely N-dealkylation sites (N-methyl/N-ethyl adjacent to an activating group) is 1. The molecule has 3 aromatic rings. The van der Waals surface area contributed by atoms with Gasteiger partial charge < -0.3 is 10.2 Å². The van der Waals surface area contributed by atoms with Crippen LogP contribution in [0.3, 0.4) is 0 Å². The van der Waals surface area contributed by atoms with Crippen LogP contribution in [0.5, 0.6) is 0 Å². The van der Waals surface area contributed by atoms with Crippen LogP contribution < -0.4 is 5.32 Å². The smallest absolute Gasteiger partial charge is 0.251 e. The Kier molecular flexibility index (Phi) is 4.92. The van der Waals surface area contributed by atoms with Crippen molar-refractivity contribution in [2.75, 3.05) is 20.6 Å². The second-order valence-electron chi connectivity index (χ2n) is 6.13. The first-order valence-electron chi connectivity index (χ1n) is 8.14. The van der Waals surface area contributed by atoms with E-state index in [1.807, 2.05) is 74.8 Å². The molecule has 0 bridgehead atoms. The molecule has 24 heavy (non-hydrogen) atoms. The molecule has 1 atom stereocenters. The van der Waals surface area contributed by atoms with Crippen molar-refractivity contribution >= 4 is 16.7 Å². The van der Waals surface area contributed by atoms with Gasteiger partial charge in [0.25, 0.3) is 5.91 Å². The van der Waals surface area contributed by atoms with Gasteiger partial charge in [-0.3, -0.25) is 4.79 Å². The van der Waals surface area contributed by atoms with Crippen molar-refractivity contribution in [1.82, 2.24) is 10.2 Å². The van der Waals surface area contributed by atoms with Gasteiger partial charge in [0, 0.05) is 12.1 Å². The van der Waals surface area contributed by atoms with Crippen LogP contribution >= 0.6 is 0 Å².